The molecule has 3 aromatic carbocycles. The molecule has 0 N–H and O–H groups in total. The molecule has 0 atom stereocenters. The molecule has 0 aliphatic rings. The van der Waals surface area contributed by atoms with Gasteiger partial charge in [0.2, 0.25) is 0 Å². The van der Waals surface area contributed by atoms with Gasteiger partial charge < -0.3 is 9.68 Å². The standard InChI is InChI=1S/C32H24N6O2/c1-3-14-29-27(12-1)35-31(25-10-6-16-33-19-25)37(29)39-21-23-8-5-9-24(18-23)22-40-38-30-15-4-2-13-28(30)36-32(38)26-11-7-17-34-20-26/h1-20H,21-22H2. The fourth-order valence-corrected chi connectivity index (χ4v) is 4.71. The van der Waals surface area contributed by atoms with Crippen molar-refractivity contribution in [3.8, 4) is 22.8 Å². The molecule has 0 bridgehead atoms. The molecular weight excluding hydrogens is 500 g/mol. The van der Waals surface area contributed by atoms with Crippen LogP contribution in [0.15, 0.2) is 122 Å². The minimum Gasteiger partial charge on any atom is -0.407 e. The first-order chi connectivity index (χ1) is 19.8. The topological polar surface area (TPSA) is 79.9 Å². The monoisotopic (exact) mass is 524 g/mol. The van der Waals surface area contributed by atoms with Gasteiger partial charge in [-0.1, -0.05) is 42.5 Å². The lowest BCUT2D eigenvalue weighted by atomic mass is 10.1. The van der Waals surface area contributed by atoms with Crippen LogP contribution in [0.2, 0.25) is 0 Å². The molecule has 0 spiro atoms. The Bertz CT molecular complexity index is 1780. The van der Waals surface area contributed by atoms with Crippen molar-refractivity contribution in [3.05, 3.63) is 133 Å². The van der Waals surface area contributed by atoms with Gasteiger partial charge in [-0.05, 0) is 65.7 Å². The minimum absolute atomic E-state index is 0.358. The number of pyridine rings is 2. The smallest absolute Gasteiger partial charge is 0.178 e. The van der Waals surface area contributed by atoms with Crippen LogP contribution in [0.5, 0.6) is 0 Å². The lowest BCUT2D eigenvalue weighted by Crippen LogP contribution is -2.14. The van der Waals surface area contributed by atoms with Gasteiger partial charge in [-0.3, -0.25) is 9.97 Å². The zero-order valence-electron chi connectivity index (χ0n) is 21.5. The van der Waals surface area contributed by atoms with Gasteiger partial charge in [-0.15, -0.1) is 0 Å². The van der Waals surface area contributed by atoms with Crippen LogP contribution in [0.4, 0.5) is 0 Å². The van der Waals surface area contributed by atoms with E-state index in [1.807, 2.05) is 91.0 Å². The van der Waals surface area contributed by atoms with Gasteiger partial charge in [0.15, 0.2) is 11.6 Å². The van der Waals surface area contributed by atoms with Crippen LogP contribution in [0.25, 0.3) is 44.8 Å². The van der Waals surface area contributed by atoms with E-state index >= 15 is 0 Å². The largest absolute Gasteiger partial charge is 0.407 e. The number of benzene rings is 3. The Balaban J connectivity index is 1.14. The minimum atomic E-state index is 0.358. The van der Waals surface area contributed by atoms with Crippen LogP contribution in [0.1, 0.15) is 11.1 Å². The van der Waals surface area contributed by atoms with Crippen molar-refractivity contribution in [1.29, 1.82) is 0 Å². The highest BCUT2D eigenvalue weighted by Gasteiger charge is 2.15. The summed E-state index contributed by atoms with van der Waals surface area (Å²) in [6.45, 7) is 0.715. The first kappa shape index (κ1) is 23.6. The molecule has 0 saturated carbocycles. The molecule has 0 unspecified atom stereocenters. The molecule has 4 heterocycles. The predicted molar refractivity (Wildman–Crippen MR) is 153 cm³/mol. The van der Waals surface area contributed by atoms with E-state index in [4.69, 9.17) is 19.6 Å². The molecule has 8 nitrogen and oxygen atoms in total. The number of hydrogen-bond donors (Lipinski definition) is 0. The molecule has 0 amide bonds. The molecule has 8 heteroatoms. The van der Waals surface area contributed by atoms with Gasteiger partial charge >= 0.3 is 0 Å². The lowest BCUT2D eigenvalue weighted by Gasteiger charge is -2.13. The van der Waals surface area contributed by atoms with Gasteiger partial charge in [0.05, 0.1) is 11.0 Å². The Morgan fingerprint density at radius 1 is 0.525 bits per heavy atom. The Labute approximate surface area is 230 Å². The lowest BCUT2D eigenvalue weighted by molar-refractivity contribution is 0.106. The van der Waals surface area contributed by atoms with E-state index in [1.165, 1.54) is 0 Å². The zero-order valence-corrected chi connectivity index (χ0v) is 21.5. The van der Waals surface area contributed by atoms with Gasteiger partial charge in [-0.25, -0.2) is 9.97 Å². The van der Waals surface area contributed by atoms with E-state index in [-0.39, 0.29) is 0 Å². The molecule has 194 valence electrons. The quantitative estimate of drug-likeness (QED) is 0.251. The summed E-state index contributed by atoms with van der Waals surface area (Å²) >= 11 is 0. The summed E-state index contributed by atoms with van der Waals surface area (Å²) in [6.07, 6.45) is 7.08. The van der Waals surface area contributed by atoms with Crippen molar-refractivity contribution in [2.45, 2.75) is 13.2 Å². The van der Waals surface area contributed by atoms with E-state index in [1.54, 1.807) is 34.2 Å². The molecule has 0 radical (unpaired) electrons. The van der Waals surface area contributed by atoms with Crippen LogP contribution < -0.4 is 9.68 Å². The molecule has 4 aromatic heterocycles. The Hall–Kier alpha value is -5.50. The Morgan fingerprint density at radius 2 is 1.02 bits per heavy atom. The first-order valence-electron chi connectivity index (χ1n) is 12.9. The second kappa shape index (κ2) is 10.3. The van der Waals surface area contributed by atoms with Crippen molar-refractivity contribution < 1.29 is 9.68 Å². The summed E-state index contributed by atoms with van der Waals surface area (Å²) in [5.74, 6) is 1.42. The average Bonchev–Trinajstić information content (AvgIpc) is 3.58. The maximum atomic E-state index is 6.33. The maximum Gasteiger partial charge on any atom is 0.178 e. The zero-order chi connectivity index (χ0) is 26.7. The summed E-state index contributed by atoms with van der Waals surface area (Å²) < 4.78 is 3.57. The van der Waals surface area contributed by atoms with Gasteiger partial charge in [0.1, 0.15) is 24.2 Å². The summed E-state index contributed by atoms with van der Waals surface area (Å²) in [5.41, 5.74) is 7.32. The van der Waals surface area contributed by atoms with Crippen LogP contribution in [-0.2, 0) is 13.2 Å². The van der Waals surface area contributed by atoms with Gasteiger partial charge in [-0.2, -0.15) is 9.46 Å². The normalized spacial score (nSPS) is 11.2. The van der Waals surface area contributed by atoms with E-state index in [0.717, 1.165) is 44.3 Å². The number of rotatable bonds is 8. The summed E-state index contributed by atoms with van der Waals surface area (Å²) in [7, 11) is 0. The van der Waals surface area contributed by atoms with Gasteiger partial charge in [0, 0.05) is 35.9 Å². The fraction of sp³-hybridized carbons (Fsp3) is 0.0625. The maximum absolute atomic E-state index is 6.33. The molecule has 0 aliphatic heterocycles. The molecule has 0 fully saturated rings. The van der Waals surface area contributed by atoms with Crippen molar-refractivity contribution in [3.63, 3.8) is 0 Å². The Morgan fingerprint density at radius 3 is 1.50 bits per heavy atom. The van der Waals surface area contributed by atoms with Crippen molar-refractivity contribution >= 4 is 22.1 Å². The van der Waals surface area contributed by atoms with E-state index in [0.29, 0.717) is 24.9 Å². The third-order valence-electron chi connectivity index (χ3n) is 6.59. The highest BCUT2D eigenvalue weighted by Crippen LogP contribution is 2.25. The average molecular weight is 525 g/mol. The highest BCUT2D eigenvalue weighted by molar-refractivity contribution is 5.80. The summed E-state index contributed by atoms with van der Waals surface area (Å²) in [5, 5.41) is 0. The fourth-order valence-electron chi connectivity index (χ4n) is 4.71. The van der Waals surface area contributed by atoms with Crippen molar-refractivity contribution in [1.82, 2.24) is 29.4 Å². The van der Waals surface area contributed by atoms with Crippen LogP contribution in [0, 0.1) is 0 Å². The van der Waals surface area contributed by atoms with Crippen molar-refractivity contribution in [2.75, 3.05) is 0 Å². The number of nitrogens with zero attached hydrogens (tertiary/aromatic N) is 6. The number of para-hydroxylation sites is 4. The van der Waals surface area contributed by atoms with E-state index in [2.05, 4.69) is 16.0 Å². The Kier molecular flexibility index (Phi) is 6.10. The molecule has 7 rings (SSSR count). The third kappa shape index (κ3) is 4.52. The van der Waals surface area contributed by atoms with Crippen LogP contribution in [0.3, 0.4) is 0 Å². The number of hydrogen-bond acceptors (Lipinski definition) is 6. The first-order valence-corrected chi connectivity index (χ1v) is 12.9. The third-order valence-corrected chi connectivity index (χ3v) is 6.59. The number of imidazole rings is 2. The van der Waals surface area contributed by atoms with E-state index in [9.17, 15) is 0 Å². The molecule has 40 heavy (non-hydrogen) atoms. The van der Waals surface area contributed by atoms with Crippen LogP contribution >= 0.6 is 0 Å². The highest BCUT2D eigenvalue weighted by atomic mass is 16.7. The van der Waals surface area contributed by atoms with Gasteiger partial charge in [0.25, 0.3) is 0 Å². The molecule has 7 aromatic rings. The molecule has 0 aliphatic carbocycles. The van der Waals surface area contributed by atoms with Crippen molar-refractivity contribution in [2.24, 2.45) is 0 Å². The second-order valence-electron chi connectivity index (χ2n) is 9.29. The van der Waals surface area contributed by atoms with E-state index < -0.39 is 0 Å². The summed E-state index contributed by atoms with van der Waals surface area (Å²) in [6, 6.07) is 31.8. The molecular formula is C32H24N6O2. The number of aromatic nitrogens is 6. The van der Waals surface area contributed by atoms with Crippen LogP contribution in [-0.4, -0.2) is 29.4 Å². The SMILES string of the molecule is c1cc(COn2c(-c3cccnc3)nc3ccccc32)cc(COn2c(-c3cccnc3)nc3ccccc32)c1. The number of fused-ring (bicyclic) bond motifs is 2. The second-order valence-corrected chi connectivity index (χ2v) is 9.29. The summed E-state index contributed by atoms with van der Waals surface area (Å²) in [4.78, 5) is 30.8. The predicted octanol–water partition coefficient (Wildman–Crippen LogP) is 5.77. The molecule has 0 saturated heterocycles.